The van der Waals surface area contributed by atoms with E-state index in [9.17, 15) is 8.42 Å². The van der Waals surface area contributed by atoms with Gasteiger partial charge in [-0.3, -0.25) is 0 Å². The molecule has 4 nitrogen and oxygen atoms in total. The van der Waals surface area contributed by atoms with Crippen LogP contribution in [0.2, 0.25) is 0 Å². The molecule has 1 aromatic carbocycles. The maximum atomic E-state index is 12.3. The van der Waals surface area contributed by atoms with Gasteiger partial charge >= 0.3 is 0 Å². The van der Waals surface area contributed by atoms with Crippen LogP contribution in [0.25, 0.3) is 0 Å². The van der Waals surface area contributed by atoms with Gasteiger partial charge in [-0.05, 0) is 12.1 Å². The summed E-state index contributed by atoms with van der Waals surface area (Å²) in [5.74, 6) is 0.467. The zero-order valence-corrected chi connectivity index (χ0v) is 11.4. The van der Waals surface area contributed by atoms with Crippen LogP contribution in [0.1, 0.15) is 0 Å². The molecule has 0 amide bonds. The first-order valence-electron chi connectivity index (χ1n) is 4.90. The van der Waals surface area contributed by atoms with E-state index in [1.165, 1.54) is 13.4 Å². The molecule has 0 spiro atoms. The van der Waals surface area contributed by atoms with E-state index in [2.05, 4.69) is 15.9 Å². The lowest BCUT2D eigenvalue weighted by Gasteiger charge is -2.15. The molecule has 0 fully saturated rings. The summed E-state index contributed by atoms with van der Waals surface area (Å²) >= 11 is 3.27. The number of alkyl halides is 1. The number of hydrogen-bond donors (Lipinski definition) is 0. The Morgan fingerprint density at radius 1 is 1.29 bits per heavy atom. The lowest BCUT2D eigenvalue weighted by molar-refractivity contribution is 0.241. The molecule has 92 valence electrons. The molecule has 0 bridgehead atoms. The highest BCUT2D eigenvalue weighted by Gasteiger charge is 2.41. The van der Waals surface area contributed by atoms with Gasteiger partial charge in [0.2, 0.25) is 15.3 Å². The van der Waals surface area contributed by atoms with Crippen LogP contribution in [0.4, 0.5) is 0 Å². The van der Waals surface area contributed by atoms with Crippen LogP contribution in [0.3, 0.4) is 0 Å². The fourth-order valence-corrected chi connectivity index (χ4v) is 4.26. The highest BCUT2D eigenvalue weighted by atomic mass is 79.9. The van der Waals surface area contributed by atoms with Gasteiger partial charge in [-0.2, -0.15) is 0 Å². The van der Waals surface area contributed by atoms with Gasteiger partial charge in [0.05, 0.1) is 12.0 Å². The van der Waals surface area contributed by atoms with E-state index in [0.29, 0.717) is 5.76 Å². The Balaban J connectivity index is 2.31. The lowest BCUT2D eigenvalue weighted by Crippen LogP contribution is -2.29. The summed E-state index contributed by atoms with van der Waals surface area (Å²) in [5, 5.41) is 0. The van der Waals surface area contributed by atoms with Crippen LogP contribution in [-0.2, 0) is 19.3 Å². The van der Waals surface area contributed by atoms with Crippen LogP contribution in [0, 0.1) is 0 Å². The van der Waals surface area contributed by atoms with Gasteiger partial charge in [-0.15, -0.1) is 0 Å². The summed E-state index contributed by atoms with van der Waals surface area (Å²) in [6.07, 6.45) is 1.32. The largest absolute Gasteiger partial charge is 0.497 e. The summed E-state index contributed by atoms with van der Waals surface area (Å²) in [6.45, 7) is 0. The smallest absolute Gasteiger partial charge is 0.222 e. The van der Waals surface area contributed by atoms with Crippen molar-refractivity contribution in [3.8, 4) is 0 Å². The molecule has 0 radical (unpaired) electrons. The summed E-state index contributed by atoms with van der Waals surface area (Å²) < 4.78 is 34.7. The van der Waals surface area contributed by atoms with Crippen molar-refractivity contribution in [1.82, 2.24) is 0 Å². The predicted molar refractivity (Wildman–Crippen MR) is 66.3 cm³/mol. The van der Waals surface area contributed by atoms with Gasteiger partial charge in [0.15, 0.2) is 0 Å². The Hall–Kier alpha value is -1.01. The average Bonchev–Trinajstić information content (AvgIpc) is 2.72. The third-order valence-corrected chi connectivity index (χ3v) is 5.65. The minimum atomic E-state index is -3.53. The van der Waals surface area contributed by atoms with E-state index in [-0.39, 0.29) is 4.90 Å². The molecule has 0 saturated carbocycles. The molecule has 0 N–H and O–H groups in total. The molecule has 1 heterocycles. The zero-order valence-electron chi connectivity index (χ0n) is 9.04. The maximum absolute atomic E-state index is 12.3. The van der Waals surface area contributed by atoms with E-state index in [0.717, 1.165) is 0 Å². The second-order valence-electron chi connectivity index (χ2n) is 3.49. The molecule has 2 rings (SSSR count). The van der Waals surface area contributed by atoms with Crippen LogP contribution in [-0.4, -0.2) is 25.8 Å². The van der Waals surface area contributed by atoms with Crippen molar-refractivity contribution in [2.24, 2.45) is 0 Å². The Bertz CT molecular complexity index is 524. The number of sulfone groups is 1. The normalized spacial score (nSPS) is 24.0. The monoisotopic (exact) mass is 318 g/mol. The SMILES string of the molecule is COC1=COC(S(=O)(=O)c2ccccc2)C1Br. The number of benzene rings is 1. The van der Waals surface area contributed by atoms with E-state index in [4.69, 9.17) is 9.47 Å². The first kappa shape index (κ1) is 12.4. The Morgan fingerprint density at radius 3 is 2.47 bits per heavy atom. The summed E-state index contributed by atoms with van der Waals surface area (Å²) in [5.41, 5.74) is -0.986. The summed E-state index contributed by atoms with van der Waals surface area (Å²) in [7, 11) is -2.06. The highest BCUT2D eigenvalue weighted by Crippen LogP contribution is 2.32. The van der Waals surface area contributed by atoms with Gasteiger partial charge in [0, 0.05) is 0 Å². The molecule has 1 aromatic rings. The minimum Gasteiger partial charge on any atom is -0.497 e. The van der Waals surface area contributed by atoms with Crippen molar-refractivity contribution in [2.45, 2.75) is 15.2 Å². The third-order valence-electron chi connectivity index (χ3n) is 2.44. The predicted octanol–water partition coefficient (Wildman–Crippen LogP) is 2.07. The number of hydrogen-bond acceptors (Lipinski definition) is 4. The molecule has 2 unspecified atom stereocenters. The van der Waals surface area contributed by atoms with Gasteiger partial charge in [-0.1, -0.05) is 34.1 Å². The fraction of sp³-hybridized carbons (Fsp3) is 0.273. The first-order chi connectivity index (χ1) is 8.07. The summed E-state index contributed by atoms with van der Waals surface area (Å²) in [6, 6.07) is 8.21. The van der Waals surface area contributed by atoms with Crippen molar-refractivity contribution in [3.05, 3.63) is 42.4 Å². The number of rotatable bonds is 3. The van der Waals surface area contributed by atoms with Crippen LogP contribution < -0.4 is 0 Å². The summed E-state index contributed by atoms with van der Waals surface area (Å²) in [4.78, 5) is -0.252. The van der Waals surface area contributed by atoms with Crippen molar-refractivity contribution >= 4 is 25.8 Å². The van der Waals surface area contributed by atoms with E-state index >= 15 is 0 Å². The van der Waals surface area contributed by atoms with Crippen molar-refractivity contribution < 1.29 is 17.9 Å². The van der Waals surface area contributed by atoms with Gasteiger partial charge in [0.25, 0.3) is 0 Å². The zero-order chi connectivity index (χ0) is 12.5. The van der Waals surface area contributed by atoms with E-state index in [1.807, 2.05) is 0 Å². The molecule has 1 aliphatic heterocycles. The standard InChI is InChI=1S/C11H11BrO4S/c1-15-9-7-16-11(10(9)12)17(13,14)8-5-3-2-4-6-8/h2-7,10-11H,1H3. The molecule has 6 heteroatoms. The van der Waals surface area contributed by atoms with E-state index < -0.39 is 20.1 Å². The lowest BCUT2D eigenvalue weighted by atomic mass is 10.4. The quantitative estimate of drug-likeness (QED) is 0.801. The number of methoxy groups -OCH3 is 1. The van der Waals surface area contributed by atoms with Crippen molar-refractivity contribution in [1.29, 1.82) is 0 Å². The maximum Gasteiger partial charge on any atom is 0.222 e. The molecule has 0 saturated heterocycles. The van der Waals surface area contributed by atoms with Crippen molar-refractivity contribution in [2.75, 3.05) is 7.11 Å². The van der Waals surface area contributed by atoms with Gasteiger partial charge < -0.3 is 9.47 Å². The molecule has 0 aliphatic carbocycles. The fourth-order valence-electron chi connectivity index (χ4n) is 1.54. The van der Waals surface area contributed by atoms with Crippen LogP contribution >= 0.6 is 15.9 Å². The Kier molecular flexibility index (Phi) is 3.44. The second kappa shape index (κ2) is 4.70. The number of halogens is 1. The highest BCUT2D eigenvalue weighted by molar-refractivity contribution is 9.09. The first-order valence-corrected chi connectivity index (χ1v) is 7.36. The van der Waals surface area contributed by atoms with E-state index in [1.54, 1.807) is 30.3 Å². The molecule has 1 aliphatic rings. The number of ether oxygens (including phenoxy) is 2. The topological polar surface area (TPSA) is 52.6 Å². The minimum absolute atomic E-state index is 0.236. The molecule has 17 heavy (non-hydrogen) atoms. The third kappa shape index (κ3) is 2.19. The second-order valence-corrected chi connectivity index (χ2v) is 6.50. The average molecular weight is 319 g/mol. The Morgan fingerprint density at radius 2 is 1.94 bits per heavy atom. The molecular formula is C11H11BrO4S. The van der Waals surface area contributed by atoms with Crippen LogP contribution in [0.15, 0.2) is 47.2 Å². The van der Waals surface area contributed by atoms with Crippen molar-refractivity contribution in [3.63, 3.8) is 0 Å². The van der Waals surface area contributed by atoms with Gasteiger partial charge in [-0.25, -0.2) is 8.42 Å². The Labute approximate surface area is 108 Å². The van der Waals surface area contributed by atoms with Crippen LogP contribution in [0.5, 0.6) is 0 Å². The molecule has 2 atom stereocenters. The van der Waals surface area contributed by atoms with Gasteiger partial charge in [0.1, 0.15) is 16.8 Å². The molecular weight excluding hydrogens is 308 g/mol. The molecule has 0 aromatic heterocycles.